The van der Waals surface area contributed by atoms with Crippen molar-refractivity contribution in [3.05, 3.63) is 53.2 Å². The lowest BCUT2D eigenvalue weighted by atomic mass is 9.93. The highest BCUT2D eigenvalue weighted by Crippen LogP contribution is 2.42. The third-order valence-corrected chi connectivity index (χ3v) is 9.94. The van der Waals surface area contributed by atoms with E-state index in [1.165, 1.54) is 12.3 Å². The van der Waals surface area contributed by atoms with Gasteiger partial charge in [-0.15, -0.1) is 6.42 Å². The smallest absolute Gasteiger partial charge is 0.416 e. The van der Waals surface area contributed by atoms with Crippen molar-refractivity contribution >= 4 is 27.5 Å². The summed E-state index contributed by atoms with van der Waals surface area (Å²) in [6.45, 7) is 2.56. The Balaban J connectivity index is 1.38. The Kier molecular flexibility index (Phi) is 8.36. The molecule has 3 aliphatic rings. The van der Waals surface area contributed by atoms with Crippen molar-refractivity contribution in [2.45, 2.75) is 62.5 Å². The summed E-state index contributed by atoms with van der Waals surface area (Å²) in [6.07, 6.45) is 6.13. The SMILES string of the molecule is C#Cc1c(F)ccc2cc(C(F)(F)F)cc(-c3ncc4c(N(C)C[C@H]5CCCCN5)nc(OC[C@@]56CCCN5C[C@H](F)C6)nc4c3F)c12. The van der Waals surface area contributed by atoms with E-state index in [9.17, 15) is 22.0 Å². The number of benzene rings is 2. The normalized spacial score (nSPS) is 23.0. The Hall–Kier alpha value is -4.15. The number of alkyl halides is 4. The Morgan fingerprint density at radius 1 is 1.17 bits per heavy atom. The summed E-state index contributed by atoms with van der Waals surface area (Å²) in [6, 6.07) is 3.71. The van der Waals surface area contributed by atoms with Crippen molar-refractivity contribution in [2.24, 2.45) is 0 Å². The summed E-state index contributed by atoms with van der Waals surface area (Å²) in [5, 5.41) is 3.59. The Morgan fingerprint density at radius 2 is 2.00 bits per heavy atom. The van der Waals surface area contributed by atoms with E-state index >= 15 is 4.39 Å². The van der Waals surface area contributed by atoms with E-state index in [1.54, 1.807) is 7.05 Å². The van der Waals surface area contributed by atoms with Crippen molar-refractivity contribution in [3.63, 3.8) is 0 Å². The molecule has 0 unspecified atom stereocenters. The summed E-state index contributed by atoms with van der Waals surface area (Å²) < 4.78 is 94.4. The maximum atomic E-state index is 16.8. The lowest BCUT2D eigenvalue weighted by molar-refractivity contribution is -0.137. The van der Waals surface area contributed by atoms with Gasteiger partial charge in [-0.2, -0.15) is 23.1 Å². The molecule has 4 aromatic rings. The summed E-state index contributed by atoms with van der Waals surface area (Å²) in [5.74, 6) is 0.645. The highest BCUT2D eigenvalue weighted by Gasteiger charge is 2.49. The second kappa shape index (κ2) is 12.4. The number of anilines is 1. The second-order valence-corrected chi connectivity index (χ2v) is 13.1. The van der Waals surface area contributed by atoms with E-state index in [2.05, 4.69) is 31.1 Å². The largest absolute Gasteiger partial charge is 0.461 e. The summed E-state index contributed by atoms with van der Waals surface area (Å²) in [7, 11) is 1.80. The molecule has 2 aromatic carbocycles. The van der Waals surface area contributed by atoms with Gasteiger partial charge in [0, 0.05) is 49.7 Å². The predicted molar refractivity (Wildman–Crippen MR) is 171 cm³/mol. The number of nitrogens with one attached hydrogen (secondary N) is 1. The van der Waals surface area contributed by atoms with Crippen molar-refractivity contribution in [1.29, 1.82) is 0 Å². The number of ether oxygens (including phenoxy) is 1. The molecule has 7 rings (SSSR count). The minimum Gasteiger partial charge on any atom is -0.461 e. The molecule has 3 atom stereocenters. The maximum Gasteiger partial charge on any atom is 0.416 e. The first kappa shape index (κ1) is 32.4. The Morgan fingerprint density at radius 3 is 2.75 bits per heavy atom. The number of terminal acetylenes is 1. The number of likely N-dealkylation sites (N-methyl/N-ethyl adjacent to an activating group) is 1. The fraction of sp³-hybridized carbons (Fsp3) is 0.457. The highest BCUT2D eigenvalue weighted by atomic mass is 19.4. The molecule has 48 heavy (non-hydrogen) atoms. The van der Waals surface area contributed by atoms with E-state index in [0.717, 1.165) is 63.4 Å². The maximum absolute atomic E-state index is 16.8. The van der Waals surface area contributed by atoms with Crippen LogP contribution in [0, 0.1) is 24.0 Å². The first-order chi connectivity index (χ1) is 23.0. The van der Waals surface area contributed by atoms with E-state index in [0.29, 0.717) is 25.3 Å². The number of hydrogen-bond acceptors (Lipinski definition) is 7. The van der Waals surface area contributed by atoms with Crippen LogP contribution in [-0.2, 0) is 6.18 Å². The second-order valence-electron chi connectivity index (χ2n) is 13.1. The molecule has 5 heterocycles. The average Bonchev–Trinajstić information content (AvgIpc) is 3.59. The summed E-state index contributed by atoms with van der Waals surface area (Å²) in [5.41, 5.74) is -2.95. The number of nitrogens with zero attached hydrogens (tertiary/aromatic N) is 5. The minimum absolute atomic E-state index is 0.0225. The molecule has 7 nitrogen and oxygen atoms in total. The third kappa shape index (κ3) is 5.79. The molecule has 1 N–H and O–H groups in total. The number of hydrogen-bond donors (Lipinski definition) is 1. The molecule has 0 saturated carbocycles. The van der Waals surface area contributed by atoms with Crippen LogP contribution in [0.5, 0.6) is 6.01 Å². The van der Waals surface area contributed by atoms with Gasteiger partial charge in [-0.1, -0.05) is 18.4 Å². The van der Waals surface area contributed by atoms with Gasteiger partial charge in [0.15, 0.2) is 5.82 Å². The molecular formula is C35H34F6N6O. The van der Waals surface area contributed by atoms with Gasteiger partial charge in [0.05, 0.1) is 22.1 Å². The molecule has 252 valence electrons. The fourth-order valence-corrected chi connectivity index (χ4v) is 7.64. The van der Waals surface area contributed by atoms with Gasteiger partial charge in [-0.05, 0) is 62.4 Å². The van der Waals surface area contributed by atoms with Crippen LogP contribution >= 0.6 is 0 Å². The van der Waals surface area contributed by atoms with E-state index in [4.69, 9.17) is 11.2 Å². The monoisotopic (exact) mass is 668 g/mol. The van der Waals surface area contributed by atoms with Crippen LogP contribution in [0.4, 0.5) is 32.2 Å². The number of halogens is 6. The molecule has 0 amide bonds. The van der Waals surface area contributed by atoms with Crippen molar-refractivity contribution < 1.29 is 31.1 Å². The van der Waals surface area contributed by atoms with Gasteiger partial charge in [-0.3, -0.25) is 9.88 Å². The molecule has 0 bridgehead atoms. The van der Waals surface area contributed by atoms with Crippen LogP contribution in [-0.4, -0.2) is 77.4 Å². The van der Waals surface area contributed by atoms with Gasteiger partial charge in [0.2, 0.25) is 0 Å². The fourth-order valence-electron chi connectivity index (χ4n) is 7.64. The molecule has 3 fully saturated rings. The highest BCUT2D eigenvalue weighted by molar-refractivity contribution is 6.02. The van der Waals surface area contributed by atoms with Crippen molar-refractivity contribution in [3.8, 4) is 29.6 Å². The lowest BCUT2D eigenvalue weighted by Crippen LogP contribution is -2.44. The van der Waals surface area contributed by atoms with Gasteiger partial charge < -0.3 is 15.0 Å². The van der Waals surface area contributed by atoms with Gasteiger partial charge >= 0.3 is 12.2 Å². The third-order valence-electron chi connectivity index (χ3n) is 9.94. The molecule has 3 aliphatic heterocycles. The molecule has 0 radical (unpaired) electrons. The zero-order chi connectivity index (χ0) is 33.8. The average molecular weight is 669 g/mol. The minimum atomic E-state index is -4.79. The number of pyridine rings is 1. The summed E-state index contributed by atoms with van der Waals surface area (Å²) >= 11 is 0. The molecule has 0 aliphatic carbocycles. The van der Waals surface area contributed by atoms with E-state index in [1.807, 2.05) is 4.90 Å². The molecular weight excluding hydrogens is 634 g/mol. The Labute approximate surface area is 273 Å². The first-order valence-electron chi connectivity index (χ1n) is 16.1. The standard InChI is InChI=1S/C35H34F6N6O/c1-3-24-27(37)9-8-20-13-21(35(39,40)41)14-25(28(20)24)30-29(38)31-26(16-43-30)32(46(2)18-23-7-4-5-11-42-23)45-33(44-31)48-19-34-10-6-12-47(34)17-22(36)15-34/h1,8-9,13-14,16,22-23,42H,4-7,10-12,15,17-19H2,2H3/t22-,23-,34+/m1/s1. The topological polar surface area (TPSA) is 66.4 Å². The van der Waals surface area contributed by atoms with Crippen molar-refractivity contribution in [1.82, 2.24) is 25.2 Å². The van der Waals surface area contributed by atoms with Gasteiger partial charge in [0.25, 0.3) is 0 Å². The van der Waals surface area contributed by atoms with Crippen LogP contribution in [0.3, 0.4) is 0 Å². The van der Waals surface area contributed by atoms with Crippen molar-refractivity contribution in [2.75, 3.05) is 44.7 Å². The van der Waals surface area contributed by atoms with Crippen LogP contribution in [0.15, 0.2) is 30.5 Å². The summed E-state index contributed by atoms with van der Waals surface area (Å²) in [4.78, 5) is 17.3. The molecule has 2 aromatic heterocycles. The lowest BCUT2D eigenvalue weighted by Gasteiger charge is -2.31. The van der Waals surface area contributed by atoms with Crippen LogP contribution in [0.2, 0.25) is 0 Å². The van der Waals surface area contributed by atoms with E-state index < -0.39 is 40.8 Å². The van der Waals surface area contributed by atoms with Gasteiger partial charge in [-0.25, -0.2) is 13.2 Å². The number of rotatable bonds is 7. The number of fused-ring (bicyclic) bond motifs is 3. The zero-order valence-electron chi connectivity index (χ0n) is 26.3. The molecule has 3 saturated heterocycles. The number of piperidine rings is 1. The van der Waals surface area contributed by atoms with Crippen LogP contribution in [0.1, 0.15) is 49.7 Å². The Bertz CT molecular complexity index is 1920. The molecule has 0 spiro atoms. The number of aromatic nitrogens is 3. The van der Waals surface area contributed by atoms with Crippen LogP contribution in [0.25, 0.3) is 32.9 Å². The zero-order valence-corrected chi connectivity index (χ0v) is 26.3. The van der Waals surface area contributed by atoms with E-state index in [-0.39, 0.29) is 51.5 Å². The predicted octanol–water partition coefficient (Wildman–Crippen LogP) is 6.66. The first-order valence-corrected chi connectivity index (χ1v) is 16.1. The van der Waals surface area contributed by atoms with Crippen LogP contribution < -0.4 is 15.0 Å². The van der Waals surface area contributed by atoms with Gasteiger partial charge in [0.1, 0.15) is 35.6 Å². The quantitative estimate of drug-likeness (QED) is 0.175. The molecule has 13 heteroatoms.